The van der Waals surface area contributed by atoms with Gasteiger partial charge in [0, 0.05) is 26.2 Å². The van der Waals surface area contributed by atoms with E-state index in [1.807, 2.05) is 36.0 Å². The van der Waals surface area contributed by atoms with E-state index >= 15 is 0 Å². The Labute approximate surface area is 162 Å². The zero-order chi connectivity index (χ0) is 18.6. The zero-order valence-corrected chi connectivity index (χ0v) is 16.3. The average Bonchev–Trinajstić information content (AvgIpc) is 3.36. The van der Waals surface area contributed by atoms with Crippen LogP contribution in [0.15, 0.2) is 36.4 Å². The second kappa shape index (κ2) is 8.26. The van der Waals surface area contributed by atoms with Gasteiger partial charge in [-0.25, -0.2) is 0 Å². The van der Waals surface area contributed by atoms with Crippen LogP contribution in [0.25, 0.3) is 11.3 Å². The molecule has 1 aromatic heterocycles. The van der Waals surface area contributed by atoms with Gasteiger partial charge in [-0.3, -0.25) is 9.48 Å². The second-order valence-electron chi connectivity index (χ2n) is 7.89. The number of hydrogen-bond donors (Lipinski definition) is 0. The minimum absolute atomic E-state index is 0.0962. The number of carbonyl (C=O) groups is 1. The normalized spacial score (nSPS) is 20.9. The Morgan fingerprint density at radius 3 is 2.59 bits per heavy atom. The lowest BCUT2D eigenvalue weighted by Gasteiger charge is -2.36. The van der Waals surface area contributed by atoms with Gasteiger partial charge in [0.05, 0.1) is 5.69 Å². The first kappa shape index (κ1) is 18.2. The number of benzene rings is 1. The Balaban J connectivity index is 1.48. The number of likely N-dealkylation sites (tertiary alicyclic amines) is 2. The van der Waals surface area contributed by atoms with Gasteiger partial charge in [0.2, 0.25) is 0 Å². The summed E-state index contributed by atoms with van der Waals surface area (Å²) in [5.74, 6) is 0.0962. The number of hydrogen-bond acceptors (Lipinski definition) is 3. The van der Waals surface area contributed by atoms with E-state index in [9.17, 15) is 4.79 Å². The number of carbonyl (C=O) groups excluding carboxylic acids is 1. The summed E-state index contributed by atoms with van der Waals surface area (Å²) in [5, 5.41) is 4.55. The molecule has 0 N–H and O–H groups in total. The molecule has 5 heteroatoms. The summed E-state index contributed by atoms with van der Waals surface area (Å²) in [6.45, 7) is 4.43. The first-order valence-electron chi connectivity index (χ1n) is 10.3. The molecular formula is C22H30N4O. The molecule has 1 atom stereocenters. The molecule has 0 spiro atoms. The fraction of sp³-hybridized carbons (Fsp3) is 0.545. The number of amides is 1. The van der Waals surface area contributed by atoms with Crippen LogP contribution in [0, 0.1) is 0 Å². The van der Waals surface area contributed by atoms with Crippen LogP contribution in [0.3, 0.4) is 0 Å². The van der Waals surface area contributed by atoms with Crippen LogP contribution in [0.5, 0.6) is 0 Å². The van der Waals surface area contributed by atoms with Crippen LogP contribution in [-0.2, 0) is 7.05 Å². The van der Waals surface area contributed by atoms with Crippen LogP contribution in [0.2, 0.25) is 0 Å². The molecule has 2 aliphatic rings. The molecule has 27 heavy (non-hydrogen) atoms. The third-order valence-electron chi connectivity index (χ3n) is 6.03. The Hall–Kier alpha value is -2.14. The van der Waals surface area contributed by atoms with Gasteiger partial charge in [-0.2, -0.15) is 5.10 Å². The Morgan fingerprint density at radius 2 is 1.81 bits per heavy atom. The molecule has 0 unspecified atom stereocenters. The maximum absolute atomic E-state index is 13.2. The summed E-state index contributed by atoms with van der Waals surface area (Å²) in [6.07, 6.45) is 7.19. The number of nitrogens with zero attached hydrogens (tertiary/aromatic N) is 4. The SMILES string of the molecule is Cn1nc(C(=O)N2CCCC[C@H]2CCN2CCCC2)cc1-c1ccccc1. The van der Waals surface area contributed by atoms with E-state index < -0.39 is 0 Å². The molecule has 4 rings (SSSR count). The van der Waals surface area contributed by atoms with Gasteiger partial charge in [-0.1, -0.05) is 30.3 Å². The van der Waals surface area contributed by atoms with E-state index in [2.05, 4.69) is 27.0 Å². The Kier molecular flexibility index (Phi) is 5.58. The third kappa shape index (κ3) is 4.08. The van der Waals surface area contributed by atoms with Crippen molar-refractivity contribution in [2.75, 3.05) is 26.2 Å². The molecule has 0 bridgehead atoms. The van der Waals surface area contributed by atoms with E-state index in [0.717, 1.165) is 43.6 Å². The van der Waals surface area contributed by atoms with Crippen molar-refractivity contribution >= 4 is 5.91 Å². The largest absolute Gasteiger partial charge is 0.334 e. The zero-order valence-electron chi connectivity index (χ0n) is 16.3. The molecule has 5 nitrogen and oxygen atoms in total. The van der Waals surface area contributed by atoms with Crippen LogP contribution in [0.4, 0.5) is 0 Å². The lowest BCUT2D eigenvalue weighted by atomic mass is 9.98. The summed E-state index contributed by atoms with van der Waals surface area (Å²) in [4.78, 5) is 17.9. The predicted octanol–water partition coefficient (Wildman–Crippen LogP) is 3.57. The first-order chi connectivity index (χ1) is 13.2. The highest BCUT2D eigenvalue weighted by atomic mass is 16.2. The van der Waals surface area contributed by atoms with Crippen molar-refractivity contribution < 1.29 is 4.79 Å². The van der Waals surface area contributed by atoms with E-state index in [4.69, 9.17) is 0 Å². The van der Waals surface area contributed by atoms with Gasteiger partial charge in [0.1, 0.15) is 0 Å². The minimum Gasteiger partial charge on any atom is -0.334 e. The molecule has 0 aliphatic carbocycles. The summed E-state index contributed by atoms with van der Waals surface area (Å²) in [7, 11) is 1.92. The highest BCUT2D eigenvalue weighted by molar-refractivity contribution is 5.93. The lowest BCUT2D eigenvalue weighted by molar-refractivity contribution is 0.0581. The molecule has 0 radical (unpaired) electrons. The number of aryl methyl sites for hydroxylation is 1. The van der Waals surface area contributed by atoms with Crippen molar-refractivity contribution in [3.05, 3.63) is 42.1 Å². The van der Waals surface area contributed by atoms with Crippen LogP contribution in [0.1, 0.15) is 49.0 Å². The third-order valence-corrected chi connectivity index (χ3v) is 6.03. The number of piperidine rings is 1. The maximum atomic E-state index is 13.2. The van der Waals surface area contributed by atoms with Crippen molar-refractivity contribution in [2.45, 2.75) is 44.6 Å². The van der Waals surface area contributed by atoms with Crippen molar-refractivity contribution in [1.29, 1.82) is 0 Å². The Bertz CT molecular complexity index is 764. The van der Waals surface area contributed by atoms with E-state index in [1.54, 1.807) is 0 Å². The fourth-order valence-corrected chi connectivity index (χ4v) is 4.50. The molecule has 1 amide bonds. The van der Waals surface area contributed by atoms with Gasteiger partial charge < -0.3 is 9.80 Å². The summed E-state index contributed by atoms with van der Waals surface area (Å²) in [6, 6.07) is 12.5. The molecule has 0 saturated carbocycles. The van der Waals surface area contributed by atoms with Crippen molar-refractivity contribution in [3.63, 3.8) is 0 Å². The highest BCUT2D eigenvalue weighted by Crippen LogP contribution is 2.25. The van der Waals surface area contributed by atoms with Crippen LogP contribution < -0.4 is 0 Å². The Morgan fingerprint density at radius 1 is 1.07 bits per heavy atom. The van der Waals surface area contributed by atoms with Gasteiger partial charge >= 0.3 is 0 Å². The standard InChI is InChI=1S/C22H30N4O/c1-24-21(18-9-3-2-4-10-18)17-20(23-24)22(27)26-15-6-5-11-19(26)12-16-25-13-7-8-14-25/h2-4,9-10,17,19H,5-8,11-16H2,1H3/t19-/m0/s1. The monoisotopic (exact) mass is 366 g/mol. The maximum Gasteiger partial charge on any atom is 0.274 e. The van der Waals surface area contributed by atoms with Gasteiger partial charge in [-0.05, 0) is 63.2 Å². The summed E-state index contributed by atoms with van der Waals surface area (Å²) >= 11 is 0. The molecule has 2 aromatic rings. The molecular weight excluding hydrogens is 336 g/mol. The van der Waals surface area contributed by atoms with Gasteiger partial charge in [0.25, 0.3) is 5.91 Å². The fourth-order valence-electron chi connectivity index (χ4n) is 4.50. The number of rotatable bonds is 5. The van der Waals surface area contributed by atoms with Crippen molar-refractivity contribution in [2.24, 2.45) is 7.05 Å². The summed E-state index contributed by atoms with van der Waals surface area (Å²) in [5.41, 5.74) is 2.66. The lowest BCUT2D eigenvalue weighted by Crippen LogP contribution is -2.45. The molecule has 2 fully saturated rings. The second-order valence-corrected chi connectivity index (χ2v) is 7.89. The highest BCUT2D eigenvalue weighted by Gasteiger charge is 2.29. The quantitative estimate of drug-likeness (QED) is 0.812. The summed E-state index contributed by atoms with van der Waals surface area (Å²) < 4.78 is 1.83. The molecule has 144 valence electrons. The molecule has 2 saturated heterocycles. The van der Waals surface area contributed by atoms with Crippen LogP contribution in [-0.4, -0.2) is 57.7 Å². The smallest absolute Gasteiger partial charge is 0.274 e. The average molecular weight is 367 g/mol. The molecule has 3 heterocycles. The predicted molar refractivity (Wildman–Crippen MR) is 108 cm³/mol. The number of aromatic nitrogens is 2. The molecule has 1 aromatic carbocycles. The van der Waals surface area contributed by atoms with Crippen LogP contribution >= 0.6 is 0 Å². The van der Waals surface area contributed by atoms with Gasteiger partial charge in [0.15, 0.2) is 5.69 Å². The van der Waals surface area contributed by atoms with Crippen molar-refractivity contribution in [3.8, 4) is 11.3 Å². The van der Waals surface area contributed by atoms with E-state index in [0.29, 0.717) is 11.7 Å². The molecule has 2 aliphatic heterocycles. The van der Waals surface area contributed by atoms with E-state index in [1.165, 1.54) is 32.4 Å². The van der Waals surface area contributed by atoms with Gasteiger partial charge in [-0.15, -0.1) is 0 Å². The van der Waals surface area contributed by atoms with Crippen molar-refractivity contribution in [1.82, 2.24) is 19.6 Å². The van der Waals surface area contributed by atoms with E-state index in [-0.39, 0.29) is 5.91 Å². The minimum atomic E-state index is 0.0962. The topological polar surface area (TPSA) is 41.4 Å². The first-order valence-corrected chi connectivity index (χ1v) is 10.3.